The Kier molecular flexibility index (Phi) is 1.68. The average Bonchev–Trinajstić information content (AvgIpc) is 2.41. The molecular formula is C9H7BrFN. The van der Waals surface area contributed by atoms with E-state index in [2.05, 4.69) is 15.9 Å². The van der Waals surface area contributed by atoms with E-state index < -0.39 is 0 Å². The van der Waals surface area contributed by atoms with Gasteiger partial charge in [-0.3, -0.25) is 0 Å². The number of aryl methyl sites for hydroxylation is 1. The monoisotopic (exact) mass is 227 g/mol. The number of halogens is 2. The molecule has 0 spiro atoms. The van der Waals surface area contributed by atoms with Crippen LogP contribution in [0.15, 0.2) is 28.9 Å². The van der Waals surface area contributed by atoms with Crippen LogP contribution in [0.4, 0.5) is 4.39 Å². The molecule has 0 saturated heterocycles. The minimum Gasteiger partial charge on any atom is -0.351 e. The van der Waals surface area contributed by atoms with Crippen molar-refractivity contribution in [1.82, 2.24) is 4.57 Å². The summed E-state index contributed by atoms with van der Waals surface area (Å²) >= 11 is 3.21. The first kappa shape index (κ1) is 7.80. The molecule has 12 heavy (non-hydrogen) atoms. The van der Waals surface area contributed by atoms with Crippen molar-refractivity contribution in [2.45, 2.75) is 0 Å². The standard InChI is InChI=1S/C9H7BrFN/c1-12-5-4-6-8(12)3-2-7(11)9(6)10/h2-5H,1H3. The second kappa shape index (κ2) is 2.59. The molecular weight excluding hydrogens is 221 g/mol. The molecule has 0 unspecified atom stereocenters. The predicted molar refractivity (Wildman–Crippen MR) is 50.6 cm³/mol. The van der Waals surface area contributed by atoms with Gasteiger partial charge in [0.2, 0.25) is 0 Å². The summed E-state index contributed by atoms with van der Waals surface area (Å²) in [6.07, 6.45) is 1.91. The van der Waals surface area contributed by atoms with Gasteiger partial charge in [0, 0.05) is 24.1 Å². The first-order valence-corrected chi connectivity index (χ1v) is 4.38. The summed E-state index contributed by atoms with van der Waals surface area (Å²) in [4.78, 5) is 0. The number of nitrogens with zero attached hydrogens (tertiary/aromatic N) is 1. The van der Waals surface area contributed by atoms with Crippen LogP contribution in [0.25, 0.3) is 10.9 Å². The first-order chi connectivity index (χ1) is 5.70. The Labute approximate surface area is 77.9 Å². The smallest absolute Gasteiger partial charge is 0.138 e. The highest BCUT2D eigenvalue weighted by atomic mass is 79.9. The lowest BCUT2D eigenvalue weighted by Gasteiger charge is -1.98. The fraction of sp³-hybridized carbons (Fsp3) is 0.111. The normalized spacial score (nSPS) is 10.9. The second-order valence-electron chi connectivity index (χ2n) is 2.72. The molecule has 0 aliphatic rings. The van der Waals surface area contributed by atoms with Gasteiger partial charge >= 0.3 is 0 Å². The molecule has 0 aliphatic carbocycles. The third kappa shape index (κ3) is 0.966. The van der Waals surface area contributed by atoms with Crippen LogP contribution in [0.3, 0.4) is 0 Å². The third-order valence-corrected chi connectivity index (χ3v) is 2.76. The number of aromatic nitrogens is 1. The molecule has 0 aliphatic heterocycles. The SMILES string of the molecule is Cn1ccc2c(Br)c(F)ccc21. The quantitative estimate of drug-likeness (QED) is 0.652. The van der Waals surface area contributed by atoms with Gasteiger partial charge in [0.25, 0.3) is 0 Å². The molecule has 1 aromatic heterocycles. The van der Waals surface area contributed by atoms with Crippen LogP contribution in [0.5, 0.6) is 0 Å². The zero-order valence-corrected chi connectivity index (χ0v) is 8.10. The molecule has 0 amide bonds. The molecule has 0 N–H and O–H groups in total. The second-order valence-corrected chi connectivity index (χ2v) is 3.51. The zero-order valence-electron chi connectivity index (χ0n) is 6.51. The van der Waals surface area contributed by atoms with Gasteiger partial charge < -0.3 is 4.57 Å². The van der Waals surface area contributed by atoms with E-state index in [1.807, 2.05) is 23.9 Å². The van der Waals surface area contributed by atoms with E-state index in [4.69, 9.17) is 0 Å². The zero-order chi connectivity index (χ0) is 8.72. The number of fused-ring (bicyclic) bond motifs is 1. The van der Waals surface area contributed by atoms with Gasteiger partial charge in [-0.2, -0.15) is 0 Å². The topological polar surface area (TPSA) is 4.93 Å². The number of benzene rings is 1. The molecule has 0 fully saturated rings. The lowest BCUT2D eigenvalue weighted by Crippen LogP contribution is -1.84. The molecule has 62 valence electrons. The summed E-state index contributed by atoms with van der Waals surface area (Å²) in [6, 6.07) is 5.13. The van der Waals surface area contributed by atoms with E-state index in [0.29, 0.717) is 4.47 Å². The van der Waals surface area contributed by atoms with Crippen molar-refractivity contribution in [3.05, 3.63) is 34.7 Å². The molecule has 2 rings (SSSR count). The van der Waals surface area contributed by atoms with E-state index in [1.54, 1.807) is 6.07 Å². The molecule has 1 aromatic carbocycles. The van der Waals surface area contributed by atoms with E-state index in [9.17, 15) is 4.39 Å². The highest BCUT2D eigenvalue weighted by molar-refractivity contribution is 9.10. The minimum atomic E-state index is -0.214. The summed E-state index contributed by atoms with van der Waals surface area (Å²) in [5.74, 6) is -0.214. The fourth-order valence-electron chi connectivity index (χ4n) is 1.29. The summed E-state index contributed by atoms with van der Waals surface area (Å²) < 4.78 is 15.5. The molecule has 2 aromatic rings. The Bertz CT molecular complexity index is 433. The van der Waals surface area contributed by atoms with E-state index >= 15 is 0 Å². The molecule has 1 heterocycles. The van der Waals surface area contributed by atoms with E-state index in [0.717, 1.165) is 10.9 Å². The van der Waals surface area contributed by atoms with Crippen molar-refractivity contribution < 1.29 is 4.39 Å². The van der Waals surface area contributed by atoms with Crippen LogP contribution in [-0.2, 0) is 7.05 Å². The van der Waals surface area contributed by atoms with Crippen molar-refractivity contribution in [2.75, 3.05) is 0 Å². The Hall–Kier alpha value is -0.830. The van der Waals surface area contributed by atoms with Gasteiger partial charge in [0.1, 0.15) is 5.82 Å². The summed E-state index contributed by atoms with van der Waals surface area (Å²) in [7, 11) is 1.94. The van der Waals surface area contributed by atoms with Gasteiger partial charge in [0.15, 0.2) is 0 Å². The maximum absolute atomic E-state index is 13.0. The molecule has 0 bridgehead atoms. The maximum Gasteiger partial charge on any atom is 0.138 e. The molecule has 0 atom stereocenters. The van der Waals surface area contributed by atoms with E-state index in [1.165, 1.54) is 6.07 Å². The maximum atomic E-state index is 13.0. The number of rotatable bonds is 0. The minimum absolute atomic E-state index is 0.214. The Morgan fingerprint density at radius 1 is 1.33 bits per heavy atom. The Morgan fingerprint density at radius 3 is 2.83 bits per heavy atom. The van der Waals surface area contributed by atoms with Crippen LogP contribution >= 0.6 is 15.9 Å². The Morgan fingerprint density at radius 2 is 2.08 bits per heavy atom. The summed E-state index contributed by atoms with van der Waals surface area (Å²) in [5, 5.41) is 0.914. The lowest BCUT2D eigenvalue weighted by atomic mass is 10.2. The largest absolute Gasteiger partial charge is 0.351 e. The third-order valence-electron chi connectivity index (χ3n) is 1.95. The van der Waals surface area contributed by atoms with Crippen molar-refractivity contribution in [3.63, 3.8) is 0 Å². The average molecular weight is 228 g/mol. The van der Waals surface area contributed by atoms with Crippen LogP contribution in [-0.4, -0.2) is 4.57 Å². The van der Waals surface area contributed by atoms with Crippen molar-refractivity contribution in [2.24, 2.45) is 7.05 Å². The van der Waals surface area contributed by atoms with Gasteiger partial charge in [-0.05, 0) is 34.1 Å². The lowest BCUT2D eigenvalue weighted by molar-refractivity contribution is 0.623. The van der Waals surface area contributed by atoms with E-state index in [-0.39, 0.29) is 5.82 Å². The van der Waals surface area contributed by atoms with Crippen molar-refractivity contribution in [3.8, 4) is 0 Å². The van der Waals surface area contributed by atoms with Gasteiger partial charge in [-0.1, -0.05) is 0 Å². The van der Waals surface area contributed by atoms with Crippen LogP contribution < -0.4 is 0 Å². The molecule has 3 heteroatoms. The summed E-state index contributed by atoms with van der Waals surface area (Å²) in [5.41, 5.74) is 1.03. The van der Waals surface area contributed by atoms with Crippen molar-refractivity contribution in [1.29, 1.82) is 0 Å². The summed E-state index contributed by atoms with van der Waals surface area (Å²) in [6.45, 7) is 0. The fourth-order valence-corrected chi connectivity index (χ4v) is 1.76. The molecule has 0 radical (unpaired) electrons. The molecule has 1 nitrogen and oxygen atoms in total. The first-order valence-electron chi connectivity index (χ1n) is 3.59. The van der Waals surface area contributed by atoms with Gasteiger partial charge in [-0.15, -0.1) is 0 Å². The van der Waals surface area contributed by atoms with Crippen LogP contribution in [0.2, 0.25) is 0 Å². The number of hydrogen-bond acceptors (Lipinski definition) is 0. The Balaban J connectivity index is 2.93. The number of hydrogen-bond donors (Lipinski definition) is 0. The molecule has 0 saturated carbocycles. The predicted octanol–water partition coefficient (Wildman–Crippen LogP) is 3.08. The van der Waals surface area contributed by atoms with Crippen LogP contribution in [0.1, 0.15) is 0 Å². The highest BCUT2D eigenvalue weighted by Gasteiger charge is 2.05. The highest BCUT2D eigenvalue weighted by Crippen LogP contribution is 2.26. The van der Waals surface area contributed by atoms with Gasteiger partial charge in [-0.25, -0.2) is 4.39 Å². The van der Waals surface area contributed by atoms with Gasteiger partial charge in [0.05, 0.1) is 4.47 Å². The van der Waals surface area contributed by atoms with Crippen molar-refractivity contribution >= 4 is 26.8 Å². The van der Waals surface area contributed by atoms with Crippen LogP contribution in [0, 0.1) is 5.82 Å².